The van der Waals surface area contributed by atoms with E-state index in [2.05, 4.69) is 32.0 Å². The number of nitrogen functional groups attached to an aromatic ring is 1. The lowest BCUT2D eigenvalue weighted by atomic mass is 10.0. The van der Waals surface area contributed by atoms with Crippen LogP contribution in [0.3, 0.4) is 0 Å². The number of carbonyl (C=O) groups excluding carboxylic acids is 1. The lowest BCUT2D eigenvalue weighted by Gasteiger charge is -2.33. The first-order valence-corrected chi connectivity index (χ1v) is 11.8. The Hall–Kier alpha value is -4.27. The Morgan fingerprint density at radius 1 is 1.11 bits per heavy atom. The molecule has 3 heterocycles. The van der Waals surface area contributed by atoms with E-state index in [-0.39, 0.29) is 29.1 Å². The van der Waals surface area contributed by atoms with Crippen molar-refractivity contribution in [3.8, 4) is 11.8 Å². The predicted octanol–water partition coefficient (Wildman–Crippen LogP) is 3.50. The third kappa shape index (κ3) is 6.73. The normalized spacial score (nSPS) is 14.4. The topological polar surface area (TPSA) is 111 Å². The molecule has 1 amide bonds. The minimum absolute atomic E-state index is 0.0229. The van der Waals surface area contributed by atoms with Crippen molar-refractivity contribution in [1.82, 2.24) is 19.8 Å². The number of rotatable bonds is 5. The summed E-state index contributed by atoms with van der Waals surface area (Å²) < 4.78 is 41.6. The summed E-state index contributed by atoms with van der Waals surface area (Å²) >= 11 is 0. The number of halogens is 3. The van der Waals surface area contributed by atoms with E-state index >= 15 is 0 Å². The molecule has 11 heteroatoms. The standard InChI is InChI=1S/C27H26F3N7O/c1-36-8-10-37(11-9-36)17-19-3-4-21(13-23(19)27(28,29)30)35-26(38)20-12-18(14-34-15-20)2-5-24(31)22-16-33-7-6-25(22)32/h3-4,6-7,12-16,31H,8-11,17H2,1H3,(H2,32,33)(H,35,38). The highest BCUT2D eigenvalue weighted by Crippen LogP contribution is 2.34. The molecule has 8 nitrogen and oxygen atoms in total. The number of hydrogen-bond acceptors (Lipinski definition) is 7. The fraction of sp³-hybridized carbons (Fsp3) is 0.259. The summed E-state index contributed by atoms with van der Waals surface area (Å²) in [7, 11) is 1.98. The highest BCUT2D eigenvalue weighted by Gasteiger charge is 2.34. The number of alkyl halides is 3. The molecule has 1 aliphatic heterocycles. The molecule has 4 rings (SSSR count). The molecule has 0 saturated carbocycles. The number of nitrogens with one attached hydrogen (secondary N) is 2. The average molecular weight is 522 g/mol. The summed E-state index contributed by atoms with van der Waals surface area (Å²) in [6, 6.07) is 6.84. The number of hydrogen-bond donors (Lipinski definition) is 3. The fourth-order valence-corrected chi connectivity index (χ4v) is 3.95. The maximum absolute atomic E-state index is 13.9. The molecule has 0 unspecified atom stereocenters. The summed E-state index contributed by atoms with van der Waals surface area (Å²) in [5.41, 5.74) is 6.39. The van der Waals surface area contributed by atoms with E-state index in [1.807, 2.05) is 11.9 Å². The van der Waals surface area contributed by atoms with Gasteiger partial charge in [0.2, 0.25) is 0 Å². The lowest BCUT2D eigenvalue weighted by molar-refractivity contribution is -0.138. The SMILES string of the molecule is CN1CCN(Cc2ccc(NC(=O)c3cncc(C#CC(=N)c4cnccc4N)c3)cc2C(F)(F)F)CC1. The number of piperazine rings is 1. The summed E-state index contributed by atoms with van der Waals surface area (Å²) in [6.45, 7) is 3.15. The number of amides is 1. The number of nitrogens with two attached hydrogens (primary N) is 1. The quantitative estimate of drug-likeness (QED) is 0.350. The smallest absolute Gasteiger partial charge is 0.398 e. The molecule has 196 valence electrons. The molecular formula is C27H26F3N7O. The van der Waals surface area contributed by atoms with E-state index in [0.717, 1.165) is 19.2 Å². The van der Waals surface area contributed by atoms with Crippen LogP contribution in [0.2, 0.25) is 0 Å². The predicted molar refractivity (Wildman–Crippen MR) is 139 cm³/mol. The zero-order chi connectivity index (χ0) is 27.3. The molecule has 4 N–H and O–H groups in total. The molecule has 0 radical (unpaired) electrons. The first kappa shape index (κ1) is 26.8. The molecule has 2 aromatic heterocycles. The minimum Gasteiger partial charge on any atom is -0.398 e. The van der Waals surface area contributed by atoms with Crippen molar-refractivity contribution >= 4 is 23.0 Å². The molecule has 0 spiro atoms. The second kappa shape index (κ2) is 11.4. The van der Waals surface area contributed by atoms with E-state index in [1.54, 1.807) is 6.07 Å². The second-order valence-electron chi connectivity index (χ2n) is 8.95. The van der Waals surface area contributed by atoms with Gasteiger partial charge in [-0.2, -0.15) is 13.2 Å². The minimum atomic E-state index is -4.57. The Labute approximate surface area is 218 Å². The zero-order valence-corrected chi connectivity index (χ0v) is 20.6. The van der Waals surface area contributed by atoms with Crippen molar-refractivity contribution in [2.45, 2.75) is 12.7 Å². The van der Waals surface area contributed by atoms with Crippen LogP contribution >= 0.6 is 0 Å². The molecule has 3 aromatic rings. The Morgan fingerprint density at radius 3 is 2.58 bits per heavy atom. The van der Waals surface area contributed by atoms with Gasteiger partial charge in [-0.15, -0.1) is 0 Å². The maximum atomic E-state index is 13.9. The van der Waals surface area contributed by atoms with Crippen LogP contribution in [0, 0.1) is 17.3 Å². The van der Waals surface area contributed by atoms with Crippen molar-refractivity contribution in [1.29, 1.82) is 5.41 Å². The average Bonchev–Trinajstić information content (AvgIpc) is 2.89. The molecular weight excluding hydrogens is 495 g/mol. The molecule has 1 aromatic carbocycles. The Bertz CT molecular complexity index is 1400. The van der Waals surface area contributed by atoms with Crippen LogP contribution < -0.4 is 11.1 Å². The van der Waals surface area contributed by atoms with Gasteiger partial charge in [-0.05, 0) is 42.8 Å². The third-order valence-corrected chi connectivity index (χ3v) is 6.12. The van der Waals surface area contributed by atoms with Crippen molar-refractivity contribution in [2.75, 3.05) is 44.3 Å². The molecule has 0 aliphatic carbocycles. The third-order valence-electron chi connectivity index (χ3n) is 6.12. The number of aromatic nitrogens is 2. The van der Waals surface area contributed by atoms with E-state index in [4.69, 9.17) is 11.1 Å². The zero-order valence-electron chi connectivity index (χ0n) is 20.6. The maximum Gasteiger partial charge on any atom is 0.416 e. The van der Waals surface area contributed by atoms with Gasteiger partial charge in [-0.1, -0.05) is 12.0 Å². The highest BCUT2D eigenvalue weighted by molar-refractivity contribution is 6.14. The summed E-state index contributed by atoms with van der Waals surface area (Å²) in [4.78, 5) is 24.9. The van der Waals surface area contributed by atoms with E-state index < -0.39 is 17.6 Å². The van der Waals surface area contributed by atoms with Crippen molar-refractivity contribution in [3.05, 3.63) is 82.9 Å². The number of nitrogens with zero attached hydrogens (tertiary/aromatic N) is 4. The highest BCUT2D eigenvalue weighted by atomic mass is 19.4. The van der Waals surface area contributed by atoms with Crippen LogP contribution in [0.5, 0.6) is 0 Å². The van der Waals surface area contributed by atoms with Crippen molar-refractivity contribution in [2.24, 2.45) is 0 Å². The van der Waals surface area contributed by atoms with Crippen LogP contribution in [0.1, 0.15) is 32.6 Å². The number of anilines is 2. The van der Waals surface area contributed by atoms with Gasteiger partial charge in [-0.25, -0.2) is 0 Å². The summed E-state index contributed by atoms with van der Waals surface area (Å²) in [6.07, 6.45) is 1.07. The van der Waals surface area contributed by atoms with Gasteiger partial charge in [0.05, 0.1) is 11.1 Å². The number of pyridine rings is 2. The van der Waals surface area contributed by atoms with E-state index in [1.165, 1.54) is 43.0 Å². The van der Waals surface area contributed by atoms with Gasteiger partial charge in [0.1, 0.15) is 5.71 Å². The fourth-order valence-electron chi connectivity index (χ4n) is 3.95. The summed E-state index contributed by atoms with van der Waals surface area (Å²) in [5.74, 6) is 4.77. The van der Waals surface area contributed by atoms with Crippen LogP contribution in [0.15, 0.2) is 55.1 Å². The molecule has 38 heavy (non-hydrogen) atoms. The van der Waals surface area contributed by atoms with Gasteiger partial charge < -0.3 is 16.0 Å². The van der Waals surface area contributed by atoms with Gasteiger partial charge in [-0.3, -0.25) is 25.1 Å². The van der Waals surface area contributed by atoms with Crippen molar-refractivity contribution in [3.63, 3.8) is 0 Å². The first-order chi connectivity index (χ1) is 18.1. The second-order valence-corrected chi connectivity index (χ2v) is 8.95. The number of likely N-dealkylation sites (N-methyl/N-ethyl adjacent to an activating group) is 1. The van der Waals surface area contributed by atoms with Gasteiger partial charge >= 0.3 is 6.18 Å². The largest absolute Gasteiger partial charge is 0.416 e. The van der Waals surface area contributed by atoms with Gasteiger partial charge in [0.15, 0.2) is 0 Å². The Balaban J connectivity index is 1.49. The van der Waals surface area contributed by atoms with Crippen LogP contribution in [-0.4, -0.2) is 64.6 Å². The molecule has 1 aliphatic rings. The van der Waals surface area contributed by atoms with E-state index in [9.17, 15) is 18.0 Å². The molecule has 1 saturated heterocycles. The Morgan fingerprint density at radius 2 is 1.87 bits per heavy atom. The van der Waals surface area contributed by atoms with Crippen molar-refractivity contribution < 1.29 is 18.0 Å². The molecule has 0 bridgehead atoms. The summed E-state index contributed by atoms with van der Waals surface area (Å²) in [5, 5.41) is 10.6. The number of carbonyl (C=O) groups is 1. The van der Waals surface area contributed by atoms with E-state index in [0.29, 0.717) is 29.9 Å². The first-order valence-electron chi connectivity index (χ1n) is 11.8. The van der Waals surface area contributed by atoms with Gasteiger partial charge in [0, 0.05) is 80.0 Å². The van der Waals surface area contributed by atoms with Crippen LogP contribution in [0.25, 0.3) is 0 Å². The number of benzene rings is 1. The molecule has 1 fully saturated rings. The van der Waals surface area contributed by atoms with Crippen LogP contribution in [0.4, 0.5) is 24.5 Å². The van der Waals surface area contributed by atoms with Gasteiger partial charge in [0.25, 0.3) is 5.91 Å². The molecule has 0 atom stereocenters. The monoisotopic (exact) mass is 521 g/mol. The Kier molecular flexibility index (Phi) is 8.05. The van der Waals surface area contributed by atoms with Crippen LogP contribution in [-0.2, 0) is 12.7 Å². The lowest BCUT2D eigenvalue weighted by Crippen LogP contribution is -2.44.